The van der Waals surface area contributed by atoms with E-state index in [-0.39, 0.29) is 5.91 Å². The summed E-state index contributed by atoms with van der Waals surface area (Å²) in [5.74, 6) is 0.823. The van der Waals surface area contributed by atoms with Crippen molar-refractivity contribution in [2.24, 2.45) is 5.92 Å². The van der Waals surface area contributed by atoms with Crippen LogP contribution >= 0.6 is 0 Å². The molecule has 1 unspecified atom stereocenters. The third-order valence-corrected chi connectivity index (χ3v) is 2.74. The van der Waals surface area contributed by atoms with Crippen molar-refractivity contribution < 1.29 is 4.79 Å². The molecule has 2 N–H and O–H groups in total. The Morgan fingerprint density at radius 2 is 2.33 bits per heavy atom. The molecule has 0 spiro atoms. The van der Waals surface area contributed by atoms with E-state index in [1.807, 2.05) is 6.92 Å². The van der Waals surface area contributed by atoms with Gasteiger partial charge in [0.25, 0.3) is 0 Å². The molecule has 0 bridgehead atoms. The lowest BCUT2D eigenvalue weighted by Crippen LogP contribution is -2.31. The minimum Gasteiger partial charge on any atom is -0.356 e. The Hall–Kier alpha value is -0.830. The van der Waals surface area contributed by atoms with E-state index in [0.717, 1.165) is 32.5 Å². The van der Waals surface area contributed by atoms with E-state index in [9.17, 15) is 4.79 Å². The highest BCUT2D eigenvalue weighted by Gasteiger charge is 2.10. The van der Waals surface area contributed by atoms with Gasteiger partial charge in [0.05, 0.1) is 0 Å². The summed E-state index contributed by atoms with van der Waals surface area (Å²) in [7, 11) is 0. The molecule has 0 radical (unpaired) electrons. The molecule has 86 valence electrons. The summed E-state index contributed by atoms with van der Waals surface area (Å²) in [6.07, 6.45) is 8.54. The second-order valence-corrected chi connectivity index (χ2v) is 4.06. The van der Waals surface area contributed by atoms with Crippen LogP contribution in [0.3, 0.4) is 0 Å². The van der Waals surface area contributed by atoms with Gasteiger partial charge in [-0.2, -0.15) is 0 Å². The number of nitrogens with one attached hydrogen (secondary N) is 2. The number of hydrogen-bond donors (Lipinski definition) is 2. The lowest BCUT2D eigenvalue weighted by Gasteiger charge is -2.18. The van der Waals surface area contributed by atoms with Gasteiger partial charge in [-0.3, -0.25) is 4.79 Å². The highest BCUT2D eigenvalue weighted by Crippen LogP contribution is 2.16. The Labute approximate surface area is 92.3 Å². The van der Waals surface area contributed by atoms with Crippen LogP contribution < -0.4 is 10.6 Å². The van der Waals surface area contributed by atoms with E-state index in [1.54, 1.807) is 0 Å². The van der Waals surface area contributed by atoms with Crippen molar-refractivity contribution in [2.45, 2.75) is 32.6 Å². The zero-order valence-electron chi connectivity index (χ0n) is 9.59. The number of hydrogen-bond acceptors (Lipinski definition) is 2. The van der Waals surface area contributed by atoms with Crippen LogP contribution in [-0.4, -0.2) is 25.5 Å². The number of carbonyl (C=O) groups is 1. The van der Waals surface area contributed by atoms with Gasteiger partial charge in [0.15, 0.2) is 0 Å². The predicted molar refractivity (Wildman–Crippen MR) is 62.7 cm³/mol. The third kappa shape index (κ3) is 5.57. The van der Waals surface area contributed by atoms with Gasteiger partial charge in [-0.15, -0.1) is 0 Å². The molecule has 0 aliphatic heterocycles. The average Bonchev–Trinajstić information content (AvgIpc) is 2.28. The molecule has 3 nitrogen and oxygen atoms in total. The van der Waals surface area contributed by atoms with Gasteiger partial charge in [-0.05, 0) is 31.7 Å². The standard InChI is InChI=1S/C12H22N2O/c1-2-13-9-8-12(15)14-10-11-6-4-3-5-7-11/h3-4,11,13H,2,5-10H2,1H3,(H,14,15). The summed E-state index contributed by atoms with van der Waals surface area (Å²) in [6, 6.07) is 0. The molecule has 0 saturated heterocycles. The lowest BCUT2D eigenvalue weighted by molar-refractivity contribution is -0.121. The van der Waals surface area contributed by atoms with Crippen LogP contribution in [0.25, 0.3) is 0 Å². The van der Waals surface area contributed by atoms with Crippen molar-refractivity contribution in [1.82, 2.24) is 10.6 Å². The minimum absolute atomic E-state index is 0.172. The summed E-state index contributed by atoms with van der Waals surface area (Å²) in [6.45, 7) is 4.61. The molecule has 1 amide bonds. The molecule has 1 aliphatic rings. The van der Waals surface area contributed by atoms with Crippen molar-refractivity contribution in [3.8, 4) is 0 Å². The lowest BCUT2D eigenvalue weighted by atomic mass is 9.94. The molecule has 1 atom stereocenters. The van der Waals surface area contributed by atoms with Crippen molar-refractivity contribution in [3.05, 3.63) is 12.2 Å². The van der Waals surface area contributed by atoms with Crippen LogP contribution in [0.15, 0.2) is 12.2 Å². The summed E-state index contributed by atoms with van der Waals surface area (Å²) in [5, 5.41) is 6.14. The average molecular weight is 210 g/mol. The molecule has 0 aromatic rings. The van der Waals surface area contributed by atoms with Gasteiger partial charge in [0.1, 0.15) is 0 Å². The Kier molecular flexibility index (Phi) is 6.09. The third-order valence-electron chi connectivity index (χ3n) is 2.74. The number of rotatable bonds is 6. The highest BCUT2D eigenvalue weighted by molar-refractivity contribution is 5.76. The SMILES string of the molecule is CCNCCC(=O)NCC1CC=CCC1. The maximum atomic E-state index is 11.4. The molecule has 3 heteroatoms. The van der Waals surface area contributed by atoms with Gasteiger partial charge < -0.3 is 10.6 Å². The Morgan fingerprint density at radius 1 is 1.47 bits per heavy atom. The fraction of sp³-hybridized carbons (Fsp3) is 0.750. The zero-order chi connectivity index (χ0) is 10.9. The summed E-state index contributed by atoms with van der Waals surface area (Å²) in [4.78, 5) is 11.4. The Bertz CT molecular complexity index is 214. The van der Waals surface area contributed by atoms with Gasteiger partial charge >= 0.3 is 0 Å². The van der Waals surface area contributed by atoms with Crippen LogP contribution in [-0.2, 0) is 4.79 Å². The first-order chi connectivity index (χ1) is 7.33. The molecule has 0 aromatic heterocycles. The topological polar surface area (TPSA) is 41.1 Å². The number of allylic oxidation sites excluding steroid dienone is 2. The normalized spacial score (nSPS) is 20.2. The van der Waals surface area contributed by atoms with E-state index in [4.69, 9.17) is 0 Å². The largest absolute Gasteiger partial charge is 0.356 e. The van der Waals surface area contributed by atoms with E-state index in [2.05, 4.69) is 22.8 Å². The monoisotopic (exact) mass is 210 g/mol. The first-order valence-corrected chi connectivity index (χ1v) is 5.95. The van der Waals surface area contributed by atoms with E-state index in [0.29, 0.717) is 12.3 Å². The van der Waals surface area contributed by atoms with Gasteiger partial charge in [-0.1, -0.05) is 19.1 Å². The first-order valence-electron chi connectivity index (χ1n) is 5.95. The maximum Gasteiger partial charge on any atom is 0.221 e. The zero-order valence-corrected chi connectivity index (χ0v) is 9.59. The van der Waals surface area contributed by atoms with E-state index >= 15 is 0 Å². The summed E-state index contributed by atoms with van der Waals surface area (Å²) >= 11 is 0. The van der Waals surface area contributed by atoms with Crippen LogP contribution in [0.2, 0.25) is 0 Å². The fourth-order valence-electron chi connectivity index (χ4n) is 1.77. The molecular formula is C12H22N2O. The van der Waals surface area contributed by atoms with Crippen molar-refractivity contribution >= 4 is 5.91 Å². The molecule has 0 aromatic carbocycles. The van der Waals surface area contributed by atoms with Gasteiger partial charge in [0.2, 0.25) is 5.91 Å². The Balaban J connectivity index is 2.03. The minimum atomic E-state index is 0.172. The Morgan fingerprint density at radius 3 is 3.00 bits per heavy atom. The van der Waals surface area contributed by atoms with Crippen LogP contribution in [0.5, 0.6) is 0 Å². The molecule has 15 heavy (non-hydrogen) atoms. The second-order valence-electron chi connectivity index (χ2n) is 4.06. The second kappa shape index (κ2) is 7.46. The van der Waals surface area contributed by atoms with Crippen molar-refractivity contribution in [2.75, 3.05) is 19.6 Å². The van der Waals surface area contributed by atoms with E-state index in [1.165, 1.54) is 6.42 Å². The smallest absolute Gasteiger partial charge is 0.221 e. The van der Waals surface area contributed by atoms with Gasteiger partial charge in [0, 0.05) is 19.5 Å². The van der Waals surface area contributed by atoms with Crippen LogP contribution in [0, 0.1) is 5.92 Å². The van der Waals surface area contributed by atoms with Crippen molar-refractivity contribution in [1.29, 1.82) is 0 Å². The van der Waals surface area contributed by atoms with Crippen molar-refractivity contribution in [3.63, 3.8) is 0 Å². The highest BCUT2D eigenvalue weighted by atomic mass is 16.1. The molecule has 1 rings (SSSR count). The van der Waals surface area contributed by atoms with Crippen LogP contribution in [0.1, 0.15) is 32.6 Å². The predicted octanol–water partition coefficient (Wildman–Crippen LogP) is 1.46. The molecular weight excluding hydrogens is 188 g/mol. The van der Waals surface area contributed by atoms with E-state index < -0.39 is 0 Å². The van der Waals surface area contributed by atoms with Crippen LogP contribution in [0.4, 0.5) is 0 Å². The fourth-order valence-corrected chi connectivity index (χ4v) is 1.77. The molecule has 0 heterocycles. The summed E-state index contributed by atoms with van der Waals surface area (Å²) in [5.41, 5.74) is 0. The maximum absolute atomic E-state index is 11.4. The molecule has 1 aliphatic carbocycles. The van der Waals surface area contributed by atoms with Gasteiger partial charge in [-0.25, -0.2) is 0 Å². The summed E-state index contributed by atoms with van der Waals surface area (Å²) < 4.78 is 0. The molecule has 0 saturated carbocycles. The molecule has 0 fully saturated rings. The quantitative estimate of drug-likeness (QED) is 0.515. The number of carbonyl (C=O) groups excluding carboxylic acids is 1. The first kappa shape index (κ1) is 12.2. The number of amides is 1.